The van der Waals surface area contributed by atoms with Crippen molar-refractivity contribution >= 4 is 16.9 Å². The van der Waals surface area contributed by atoms with Crippen LogP contribution in [0.4, 0.5) is 13.2 Å². The smallest absolute Gasteiger partial charge is 0.453 e. The van der Waals surface area contributed by atoms with E-state index in [0.29, 0.717) is 0 Å². The molecule has 0 radical (unpaired) electrons. The molecule has 1 aromatic heterocycles. The molecule has 0 bridgehead atoms. The van der Waals surface area contributed by atoms with Gasteiger partial charge in [-0.25, -0.2) is 4.79 Å². The zero-order valence-electron chi connectivity index (χ0n) is 21.5. The molecule has 0 saturated carbocycles. The number of benzene rings is 3. The van der Waals surface area contributed by atoms with E-state index in [9.17, 15) is 22.8 Å². The van der Waals surface area contributed by atoms with Gasteiger partial charge in [-0.05, 0) is 61.4 Å². The second-order valence-corrected chi connectivity index (χ2v) is 8.47. The Morgan fingerprint density at radius 3 is 1.95 bits per heavy atom. The maximum Gasteiger partial charge on any atom is 0.453 e. The molecule has 0 aliphatic rings. The Hall–Kier alpha value is -4.67. The lowest BCUT2D eigenvalue weighted by Gasteiger charge is -2.15. The number of carbonyl (C=O) groups excluding carboxylic acids is 1. The van der Waals surface area contributed by atoms with Crippen molar-refractivity contribution in [1.29, 1.82) is 0 Å². The van der Waals surface area contributed by atoms with Crippen molar-refractivity contribution in [3.8, 4) is 34.5 Å². The van der Waals surface area contributed by atoms with Crippen LogP contribution in [0.15, 0.2) is 57.7 Å². The van der Waals surface area contributed by atoms with E-state index in [1.807, 2.05) is 0 Å². The molecule has 4 rings (SSSR count). The van der Waals surface area contributed by atoms with E-state index in [1.165, 1.54) is 57.7 Å². The largest absolute Gasteiger partial charge is 0.493 e. The molecular formula is C28H23F3O8. The third-order valence-corrected chi connectivity index (χ3v) is 5.61. The molecule has 0 aliphatic heterocycles. The zero-order chi connectivity index (χ0) is 28.5. The summed E-state index contributed by atoms with van der Waals surface area (Å²) in [6, 6.07) is 11.0. The van der Waals surface area contributed by atoms with Crippen LogP contribution in [-0.4, -0.2) is 27.3 Å². The average molecular weight is 544 g/mol. The second kappa shape index (κ2) is 10.6. The number of alkyl halides is 3. The summed E-state index contributed by atoms with van der Waals surface area (Å²) in [5.74, 6) is -2.96. The van der Waals surface area contributed by atoms with Crippen molar-refractivity contribution in [2.75, 3.05) is 21.3 Å². The van der Waals surface area contributed by atoms with Crippen LogP contribution in [0.25, 0.3) is 11.0 Å². The fraction of sp³-hybridized carbons (Fsp3) is 0.214. The van der Waals surface area contributed by atoms with E-state index in [-0.39, 0.29) is 39.7 Å². The highest BCUT2D eigenvalue weighted by molar-refractivity contribution is 5.93. The maximum absolute atomic E-state index is 13.9. The van der Waals surface area contributed by atoms with Crippen LogP contribution >= 0.6 is 0 Å². The number of methoxy groups -OCH3 is 3. The third kappa shape index (κ3) is 5.62. The van der Waals surface area contributed by atoms with Gasteiger partial charge >= 0.3 is 12.1 Å². The lowest BCUT2D eigenvalue weighted by atomic mass is 10.1. The molecule has 0 N–H and O–H groups in total. The lowest BCUT2D eigenvalue weighted by Crippen LogP contribution is -2.16. The monoisotopic (exact) mass is 544 g/mol. The van der Waals surface area contributed by atoms with E-state index in [1.54, 1.807) is 19.9 Å². The highest BCUT2D eigenvalue weighted by Crippen LogP contribution is 2.40. The first-order chi connectivity index (χ1) is 18.4. The van der Waals surface area contributed by atoms with Gasteiger partial charge in [0.05, 0.1) is 32.3 Å². The fourth-order valence-corrected chi connectivity index (χ4v) is 3.97. The van der Waals surface area contributed by atoms with E-state index in [2.05, 4.69) is 0 Å². The number of fused-ring (bicyclic) bond motifs is 1. The lowest BCUT2D eigenvalue weighted by molar-refractivity contribution is -0.154. The predicted molar refractivity (Wildman–Crippen MR) is 135 cm³/mol. The van der Waals surface area contributed by atoms with Crippen LogP contribution in [0.2, 0.25) is 0 Å². The van der Waals surface area contributed by atoms with Gasteiger partial charge in [-0.1, -0.05) is 6.07 Å². The number of ether oxygens (including phenoxy) is 5. The Balaban J connectivity index is 1.74. The van der Waals surface area contributed by atoms with Crippen LogP contribution in [0.1, 0.15) is 27.2 Å². The first kappa shape index (κ1) is 27.4. The number of hydrogen-bond donors (Lipinski definition) is 0. The molecular weight excluding hydrogens is 521 g/mol. The van der Waals surface area contributed by atoms with Gasteiger partial charge in [-0.2, -0.15) is 13.2 Å². The fourth-order valence-electron chi connectivity index (χ4n) is 3.97. The van der Waals surface area contributed by atoms with Gasteiger partial charge in [-0.15, -0.1) is 0 Å². The Bertz CT molecular complexity index is 1580. The summed E-state index contributed by atoms with van der Waals surface area (Å²) in [5, 5.41) is -0.199. The second-order valence-electron chi connectivity index (χ2n) is 8.47. The molecule has 8 nitrogen and oxygen atoms in total. The van der Waals surface area contributed by atoms with Gasteiger partial charge in [0.1, 0.15) is 17.1 Å². The van der Waals surface area contributed by atoms with Crippen molar-refractivity contribution in [2.45, 2.75) is 20.0 Å². The number of rotatable bonds is 7. The summed E-state index contributed by atoms with van der Waals surface area (Å²) in [7, 11) is 4.14. The molecule has 0 fully saturated rings. The van der Waals surface area contributed by atoms with E-state index < -0.39 is 34.7 Å². The Morgan fingerprint density at radius 1 is 0.795 bits per heavy atom. The molecule has 0 saturated heterocycles. The maximum atomic E-state index is 13.9. The van der Waals surface area contributed by atoms with Gasteiger partial charge in [-0.3, -0.25) is 4.79 Å². The molecule has 3 aromatic carbocycles. The summed E-state index contributed by atoms with van der Waals surface area (Å²) in [6.45, 7) is 3.49. The van der Waals surface area contributed by atoms with Crippen molar-refractivity contribution in [3.63, 3.8) is 0 Å². The van der Waals surface area contributed by atoms with Gasteiger partial charge in [0.2, 0.25) is 16.9 Å². The van der Waals surface area contributed by atoms with E-state index in [4.69, 9.17) is 28.1 Å². The number of aryl methyl sites for hydroxylation is 2. The van der Waals surface area contributed by atoms with Gasteiger partial charge < -0.3 is 28.1 Å². The van der Waals surface area contributed by atoms with Gasteiger partial charge in [0.15, 0.2) is 11.5 Å². The molecule has 0 amide bonds. The first-order valence-corrected chi connectivity index (χ1v) is 11.4. The normalized spacial score (nSPS) is 11.3. The SMILES string of the molecule is COc1cc(C(=O)Oc2ccc3c(=O)c(Oc4cc(C)cc(C)c4)c(C(F)(F)F)oc3c2)cc(OC)c1OC. The summed E-state index contributed by atoms with van der Waals surface area (Å²) in [4.78, 5) is 25.9. The summed E-state index contributed by atoms with van der Waals surface area (Å²) in [5.41, 5.74) is 0.00402. The summed E-state index contributed by atoms with van der Waals surface area (Å²) in [6.07, 6.45) is -5.05. The minimum Gasteiger partial charge on any atom is -0.493 e. The molecule has 11 heteroatoms. The standard InChI is InChI=1S/C28H23F3O8/c1-14-8-15(2)10-18(9-14)37-25-23(32)19-7-6-17(13-20(19)39-26(25)28(29,30)31)38-27(33)16-11-21(34-3)24(36-5)22(12-16)35-4/h6-13H,1-5H3. The van der Waals surface area contributed by atoms with Crippen LogP contribution in [0, 0.1) is 13.8 Å². The predicted octanol–water partition coefficient (Wildman–Crippen LogP) is 6.47. The molecule has 1 heterocycles. The molecule has 4 aromatic rings. The average Bonchev–Trinajstić information content (AvgIpc) is 2.87. The third-order valence-electron chi connectivity index (χ3n) is 5.61. The van der Waals surface area contributed by atoms with Crippen LogP contribution in [-0.2, 0) is 6.18 Å². The highest BCUT2D eigenvalue weighted by atomic mass is 19.4. The van der Waals surface area contributed by atoms with Crippen LogP contribution < -0.4 is 29.1 Å². The molecule has 39 heavy (non-hydrogen) atoms. The minimum atomic E-state index is -5.05. The Labute approximate surface area is 220 Å². The first-order valence-electron chi connectivity index (χ1n) is 11.4. The molecule has 0 atom stereocenters. The molecule has 0 spiro atoms. The van der Waals surface area contributed by atoms with Crippen molar-refractivity contribution < 1.29 is 46.1 Å². The van der Waals surface area contributed by atoms with Gasteiger partial charge in [0, 0.05) is 6.07 Å². The van der Waals surface area contributed by atoms with Gasteiger partial charge in [0.25, 0.3) is 5.76 Å². The Kier molecular flexibility index (Phi) is 7.44. The van der Waals surface area contributed by atoms with Crippen LogP contribution in [0.3, 0.4) is 0 Å². The van der Waals surface area contributed by atoms with Crippen molar-refractivity contribution in [3.05, 3.63) is 81.2 Å². The van der Waals surface area contributed by atoms with Crippen LogP contribution in [0.5, 0.6) is 34.5 Å². The van der Waals surface area contributed by atoms with E-state index >= 15 is 0 Å². The quantitative estimate of drug-likeness (QED) is 0.193. The minimum absolute atomic E-state index is 0.0132. The topological polar surface area (TPSA) is 93.4 Å². The molecule has 204 valence electrons. The zero-order valence-corrected chi connectivity index (χ0v) is 21.5. The number of carbonyl (C=O) groups is 1. The van der Waals surface area contributed by atoms with Crippen molar-refractivity contribution in [2.24, 2.45) is 0 Å². The summed E-state index contributed by atoms with van der Waals surface area (Å²) < 4.78 is 73.3. The number of halogens is 3. The van der Waals surface area contributed by atoms with Crippen molar-refractivity contribution in [1.82, 2.24) is 0 Å². The molecule has 0 aliphatic carbocycles. The van der Waals surface area contributed by atoms with E-state index in [0.717, 1.165) is 17.2 Å². The highest BCUT2D eigenvalue weighted by Gasteiger charge is 2.40. The number of esters is 1. The number of hydrogen-bond acceptors (Lipinski definition) is 8. The Morgan fingerprint density at radius 2 is 1.41 bits per heavy atom. The summed E-state index contributed by atoms with van der Waals surface area (Å²) >= 11 is 0. The molecule has 0 unspecified atom stereocenters.